The molecular formula is C4H8O. The lowest BCUT2D eigenvalue weighted by molar-refractivity contribution is 0.0950. The molecule has 1 nitrogen and oxygen atoms in total. The molecule has 1 aliphatic carbocycles. The van der Waals surface area contributed by atoms with Gasteiger partial charge in [-0.15, -0.1) is 0 Å². The van der Waals surface area contributed by atoms with E-state index in [-0.39, 0.29) is 12.5 Å². The SMILES string of the molecule is [2H]C1CC(O)C1. The normalized spacial score (nSPS) is 54.2. The van der Waals surface area contributed by atoms with Crippen molar-refractivity contribution in [3.05, 3.63) is 0 Å². The number of aliphatic hydroxyl groups excluding tert-OH is 1. The summed E-state index contributed by atoms with van der Waals surface area (Å²) in [6, 6.07) is 0. The molecule has 0 radical (unpaired) electrons. The average molecular weight is 73.1 g/mol. The predicted molar refractivity (Wildman–Crippen MR) is 19.9 cm³/mol. The summed E-state index contributed by atoms with van der Waals surface area (Å²) in [7, 11) is 0. The van der Waals surface area contributed by atoms with Crippen LogP contribution in [0.2, 0.25) is 0 Å². The molecule has 0 amide bonds. The Kier molecular flexibility index (Phi) is 0.428. The second-order valence-corrected chi connectivity index (χ2v) is 1.41. The Morgan fingerprint density at radius 1 is 1.80 bits per heavy atom. The van der Waals surface area contributed by atoms with Crippen molar-refractivity contribution in [2.75, 3.05) is 0 Å². The van der Waals surface area contributed by atoms with Crippen molar-refractivity contribution in [3.63, 3.8) is 0 Å². The molecule has 0 atom stereocenters. The first-order valence-corrected chi connectivity index (χ1v) is 1.89. The van der Waals surface area contributed by atoms with Gasteiger partial charge in [0.15, 0.2) is 0 Å². The van der Waals surface area contributed by atoms with E-state index in [1.165, 1.54) is 0 Å². The monoisotopic (exact) mass is 73.1 g/mol. The molecule has 30 valence electrons. The Morgan fingerprint density at radius 3 is 2.40 bits per heavy atom. The van der Waals surface area contributed by atoms with Crippen molar-refractivity contribution in [3.8, 4) is 0 Å². The fourth-order valence-electron chi connectivity index (χ4n) is 0.316. The first kappa shape index (κ1) is 2.19. The lowest BCUT2D eigenvalue weighted by Crippen LogP contribution is -2.15. The first-order valence-electron chi connectivity index (χ1n) is 2.47. The molecule has 1 rings (SSSR count). The third-order valence-electron chi connectivity index (χ3n) is 0.877. The smallest absolute Gasteiger partial charge is 0.0540 e. The van der Waals surface area contributed by atoms with E-state index in [4.69, 9.17) is 6.48 Å². The summed E-state index contributed by atoms with van der Waals surface area (Å²) in [4.78, 5) is 0. The number of aliphatic hydroxyl groups is 1. The van der Waals surface area contributed by atoms with Gasteiger partial charge in [0.25, 0.3) is 0 Å². The van der Waals surface area contributed by atoms with Gasteiger partial charge in [0.2, 0.25) is 0 Å². The molecule has 0 saturated heterocycles. The molecule has 5 heavy (non-hydrogen) atoms. The van der Waals surface area contributed by atoms with Crippen LogP contribution in [0, 0.1) is 0 Å². The number of hydrogen-bond donors (Lipinski definition) is 1. The van der Waals surface area contributed by atoms with Gasteiger partial charge in [-0.2, -0.15) is 0 Å². The van der Waals surface area contributed by atoms with Crippen molar-refractivity contribution in [1.82, 2.24) is 0 Å². The van der Waals surface area contributed by atoms with Gasteiger partial charge in [-0.25, -0.2) is 0 Å². The summed E-state index contributed by atoms with van der Waals surface area (Å²) < 4.78 is 6.88. The van der Waals surface area contributed by atoms with E-state index >= 15 is 0 Å². The lowest BCUT2D eigenvalue weighted by atomic mass is 9.97. The number of hydrogen-bond acceptors (Lipinski definition) is 1. The second kappa shape index (κ2) is 0.977. The van der Waals surface area contributed by atoms with Crippen LogP contribution in [-0.4, -0.2) is 11.2 Å². The van der Waals surface area contributed by atoms with Gasteiger partial charge in [-0.3, -0.25) is 0 Å². The largest absolute Gasteiger partial charge is 0.393 e. The first-order chi connectivity index (χ1) is 2.79. The zero-order chi connectivity index (χ0) is 4.57. The molecule has 1 N–H and O–H groups in total. The van der Waals surface area contributed by atoms with Crippen LogP contribution in [0.25, 0.3) is 0 Å². The van der Waals surface area contributed by atoms with Gasteiger partial charge >= 0.3 is 0 Å². The molecule has 0 heterocycles. The lowest BCUT2D eigenvalue weighted by Gasteiger charge is -2.17. The molecule has 0 aliphatic heterocycles. The van der Waals surface area contributed by atoms with E-state index in [1.807, 2.05) is 0 Å². The molecule has 0 unspecified atom stereocenters. The van der Waals surface area contributed by atoms with Crippen LogP contribution in [0.3, 0.4) is 0 Å². The molecule has 1 saturated carbocycles. The minimum Gasteiger partial charge on any atom is -0.393 e. The maximum Gasteiger partial charge on any atom is 0.0540 e. The average Bonchev–Trinajstić information content (AvgIpc) is 1.33. The third kappa shape index (κ3) is 0.428. The minimum absolute atomic E-state index is 0.0417. The molecule has 0 spiro atoms. The highest BCUT2D eigenvalue weighted by atomic mass is 16.3. The Labute approximate surface area is 33.0 Å². The molecule has 1 heteroatoms. The summed E-state index contributed by atoms with van der Waals surface area (Å²) in [6.45, 7) is 0. The van der Waals surface area contributed by atoms with Crippen LogP contribution in [0.5, 0.6) is 0 Å². The molecule has 0 aromatic carbocycles. The molecule has 0 bridgehead atoms. The zero-order valence-electron chi connectivity index (χ0n) is 4.02. The van der Waals surface area contributed by atoms with Crippen LogP contribution in [-0.2, 0) is 0 Å². The van der Waals surface area contributed by atoms with Gasteiger partial charge in [-0.05, 0) is 19.2 Å². The van der Waals surface area contributed by atoms with Gasteiger partial charge in [0.05, 0.1) is 6.10 Å². The fraction of sp³-hybridized carbons (Fsp3) is 1.00. The predicted octanol–water partition coefficient (Wildman–Crippen LogP) is 0.531. The highest BCUT2D eigenvalue weighted by molar-refractivity contribution is 4.65. The quantitative estimate of drug-likeness (QED) is 0.443. The van der Waals surface area contributed by atoms with Gasteiger partial charge in [0.1, 0.15) is 0 Å². The Morgan fingerprint density at radius 2 is 2.40 bits per heavy atom. The zero-order valence-corrected chi connectivity index (χ0v) is 3.02. The maximum atomic E-state index is 8.50. The molecule has 0 aromatic heterocycles. The van der Waals surface area contributed by atoms with Crippen molar-refractivity contribution in [1.29, 1.82) is 0 Å². The van der Waals surface area contributed by atoms with E-state index in [2.05, 4.69) is 0 Å². The van der Waals surface area contributed by atoms with Crippen LogP contribution < -0.4 is 0 Å². The topological polar surface area (TPSA) is 20.2 Å². The Bertz CT molecular complexity index is 43.5. The Hall–Kier alpha value is -0.0400. The van der Waals surface area contributed by atoms with Gasteiger partial charge in [-0.1, -0.05) is 0 Å². The third-order valence-corrected chi connectivity index (χ3v) is 0.877. The van der Waals surface area contributed by atoms with Crippen LogP contribution in [0.1, 0.15) is 20.6 Å². The summed E-state index contributed by atoms with van der Waals surface area (Å²) in [5.74, 6) is 0. The van der Waals surface area contributed by atoms with Crippen molar-refractivity contribution >= 4 is 0 Å². The van der Waals surface area contributed by atoms with Crippen molar-refractivity contribution in [2.45, 2.75) is 25.3 Å². The summed E-state index contributed by atoms with van der Waals surface area (Å²) in [6.07, 6.45) is 1.28. The maximum absolute atomic E-state index is 8.50. The summed E-state index contributed by atoms with van der Waals surface area (Å²) in [5, 5.41) is 8.50. The van der Waals surface area contributed by atoms with Crippen LogP contribution >= 0.6 is 0 Å². The Balaban J connectivity index is 2.11. The molecular weight excluding hydrogens is 64.0 g/mol. The summed E-state index contributed by atoms with van der Waals surface area (Å²) in [5.41, 5.74) is 0. The molecule has 0 aromatic rings. The second-order valence-electron chi connectivity index (χ2n) is 1.41. The van der Waals surface area contributed by atoms with Crippen LogP contribution in [0.4, 0.5) is 0 Å². The minimum atomic E-state index is -0.146. The van der Waals surface area contributed by atoms with Crippen molar-refractivity contribution < 1.29 is 6.48 Å². The van der Waals surface area contributed by atoms with E-state index in [1.54, 1.807) is 0 Å². The van der Waals surface area contributed by atoms with Crippen molar-refractivity contribution in [2.24, 2.45) is 0 Å². The van der Waals surface area contributed by atoms with Gasteiger partial charge in [0, 0.05) is 1.37 Å². The highest BCUT2D eigenvalue weighted by Crippen LogP contribution is 2.16. The van der Waals surface area contributed by atoms with E-state index in [9.17, 15) is 0 Å². The fourth-order valence-corrected chi connectivity index (χ4v) is 0.316. The van der Waals surface area contributed by atoms with E-state index in [0.717, 1.165) is 0 Å². The molecule has 1 fully saturated rings. The number of rotatable bonds is 0. The van der Waals surface area contributed by atoms with Crippen LogP contribution in [0.15, 0.2) is 0 Å². The molecule has 1 aliphatic rings. The van der Waals surface area contributed by atoms with E-state index in [0.29, 0.717) is 12.8 Å². The van der Waals surface area contributed by atoms with Gasteiger partial charge < -0.3 is 5.11 Å². The summed E-state index contributed by atoms with van der Waals surface area (Å²) >= 11 is 0. The highest BCUT2D eigenvalue weighted by Gasteiger charge is 2.11. The standard InChI is InChI=1S/C4H8O/c5-4-2-1-3-4/h4-5H,1-3H2/i1D. The van der Waals surface area contributed by atoms with E-state index < -0.39 is 0 Å².